The lowest BCUT2D eigenvalue weighted by Gasteiger charge is -2.19. The van der Waals surface area contributed by atoms with Crippen LogP contribution in [0.2, 0.25) is 0 Å². The molecule has 0 aliphatic rings. The van der Waals surface area contributed by atoms with Crippen LogP contribution in [-0.2, 0) is 11.3 Å². The molecule has 0 saturated carbocycles. The maximum Gasteiger partial charge on any atom is 0.413 e. The van der Waals surface area contributed by atoms with Crippen LogP contribution >= 0.6 is 0 Å². The fraction of sp³-hybridized carbons (Fsp3) is 0.333. The first-order valence-electron chi connectivity index (χ1n) is 7.68. The Bertz CT molecular complexity index is 661. The number of carbonyl (C=O) groups excluding carboxylic acids is 1. The highest BCUT2D eigenvalue weighted by atomic mass is 16.6. The zero-order valence-electron chi connectivity index (χ0n) is 14.4. The van der Waals surface area contributed by atoms with Gasteiger partial charge < -0.3 is 14.8 Å². The lowest BCUT2D eigenvalue weighted by Crippen LogP contribution is -2.27. The van der Waals surface area contributed by atoms with Crippen LogP contribution in [0.25, 0.3) is 0 Å². The van der Waals surface area contributed by atoms with Crippen molar-refractivity contribution in [2.45, 2.75) is 32.9 Å². The van der Waals surface area contributed by atoms with Gasteiger partial charge >= 0.3 is 6.09 Å². The molecule has 0 radical (unpaired) electrons. The highest BCUT2D eigenvalue weighted by Gasteiger charge is 2.16. The van der Waals surface area contributed by atoms with Gasteiger partial charge in [-0.05, 0) is 50.6 Å². The van der Waals surface area contributed by atoms with Crippen LogP contribution in [-0.4, -0.2) is 23.8 Å². The Labute approximate surface area is 142 Å². The average Bonchev–Trinajstić information content (AvgIpc) is 2.53. The fourth-order valence-corrected chi connectivity index (χ4v) is 1.93. The Morgan fingerprint density at radius 1 is 1.12 bits per heavy atom. The minimum absolute atomic E-state index is 0.444. The number of amides is 1. The molecule has 0 saturated heterocycles. The molecule has 1 aromatic carbocycles. The summed E-state index contributed by atoms with van der Waals surface area (Å²) in [7, 11) is 1.64. The van der Waals surface area contributed by atoms with Gasteiger partial charge in [0.25, 0.3) is 0 Å². The number of nitrogens with one attached hydrogen (secondary N) is 2. The van der Waals surface area contributed by atoms with Crippen LogP contribution in [0.5, 0.6) is 5.75 Å². The van der Waals surface area contributed by atoms with E-state index in [4.69, 9.17) is 9.47 Å². The largest absolute Gasteiger partial charge is 0.497 e. The van der Waals surface area contributed by atoms with E-state index in [1.165, 1.54) is 0 Å². The molecule has 0 unspecified atom stereocenters. The normalized spacial score (nSPS) is 10.8. The molecule has 2 rings (SSSR count). The third-order valence-electron chi connectivity index (χ3n) is 3.05. The lowest BCUT2D eigenvalue weighted by molar-refractivity contribution is 0.0635. The predicted molar refractivity (Wildman–Crippen MR) is 94.4 cm³/mol. The van der Waals surface area contributed by atoms with Crippen LogP contribution in [0.1, 0.15) is 26.3 Å². The maximum atomic E-state index is 11.7. The predicted octanol–water partition coefficient (Wildman–Crippen LogP) is 4.05. The van der Waals surface area contributed by atoms with Crippen molar-refractivity contribution in [3.8, 4) is 5.75 Å². The van der Waals surface area contributed by atoms with Gasteiger partial charge in [-0.2, -0.15) is 0 Å². The number of hydrogen-bond donors (Lipinski definition) is 2. The summed E-state index contributed by atoms with van der Waals surface area (Å²) in [6.45, 7) is 6.11. The monoisotopic (exact) mass is 329 g/mol. The molecule has 1 aromatic heterocycles. The molecule has 1 heterocycles. The molecule has 0 aliphatic carbocycles. The highest BCUT2D eigenvalue weighted by molar-refractivity contribution is 5.83. The highest BCUT2D eigenvalue weighted by Crippen LogP contribution is 2.15. The van der Waals surface area contributed by atoms with Crippen LogP contribution in [0.3, 0.4) is 0 Å². The molecule has 0 spiro atoms. The third-order valence-corrected chi connectivity index (χ3v) is 3.05. The Balaban J connectivity index is 1.86. The van der Waals surface area contributed by atoms with Crippen molar-refractivity contribution in [1.29, 1.82) is 0 Å². The maximum absolute atomic E-state index is 11.7. The zero-order chi connectivity index (χ0) is 17.6. The molecule has 24 heavy (non-hydrogen) atoms. The van der Waals surface area contributed by atoms with Crippen molar-refractivity contribution in [3.05, 3.63) is 48.2 Å². The molecule has 2 N–H and O–H groups in total. The number of aromatic nitrogens is 1. The van der Waals surface area contributed by atoms with Gasteiger partial charge in [0.2, 0.25) is 0 Å². The van der Waals surface area contributed by atoms with Crippen molar-refractivity contribution in [2.24, 2.45) is 0 Å². The summed E-state index contributed by atoms with van der Waals surface area (Å²) < 4.78 is 10.3. The molecular formula is C18H23N3O3. The summed E-state index contributed by atoms with van der Waals surface area (Å²) in [6.07, 6.45) is 1.14. The van der Waals surface area contributed by atoms with Crippen LogP contribution in [0.15, 0.2) is 42.6 Å². The van der Waals surface area contributed by atoms with Gasteiger partial charge in [0.1, 0.15) is 17.2 Å². The first kappa shape index (κ1) is 17.6. The summed E-state index contributed by atoms with van der Waals surface area (Å²) in [6, 6.07) is 11.4. The Hall–Kier alpha value is -2.76. The first-order valence-corrected chi connectivity index (χ1v) is 7.68. The molecule has 1 amide bonds. The van der Waals surface area contributed by atoms with Crippen molar-refractivity contribution in [3.63, 3.8) is 0 Å². The summed E-state index contributed by atoms with van der Waals surface area (Å²) in [5.74, 6) is 1.28. The number of benzene rings is 1. The molecule has 0 aliphatic heterocycles. The SMILES string of the molecule is COc1ccc(CNc2ccc(NC(=O)OC(C)(C)C)nc2)cc1. The van der Waals surface area contributed by atoms with Gasteiger partial charge in [-0.25, -0.2) is 9.78 Å². The number of nitrogens with zero attached hydrogens (tertiary/aromatic N) is 1. The Morgan fingerprint density at radius 3 is 2.38 bits per heavy atom. The van der Waals surface area contributed by atoms with E-state index in [2.05, 4.69) is 15.6 Å². The molecule has 2 aromatic rings. The van der Waals surface area contributed by atoms with E-state index in [0.717, 1.165) is 17.0 Å². The van der Waals surface area contributed by atoms with E-state index in [9.17, 15) is 4.79 Å². The van der Waals surface area contributed by atoms with Crippen LogP contribution in [0, 0.1) is 0 Å². The van der Waals surface area contributed by atoms with Gasteiger partial charge in [-0.1, -0.05) is 12.1 Å². The molecule has 128 valence electrons. The van der Waals surface area contributed by atoms with E-state index in [-0.39, 0.29) is 0 Å². The minimum atomic E-state index is -0.538. The minimum Gasteiger partial charge on any atom is -0.497 e. The summed E-state index contributed by atoms with van der Waals surface area (Å²) in [5, 5.41) is 5.87. The molecule has 0 fully saturated rings. The van der Waals surface area contributed by atoms with Gasteiger partial charge in [0.05, 0.1) is 19.0 Å². The second-order valence-corrected chi connectivity index (χ2v) is 6.26. The van der Waals surface area contributed by atoms with Gasteiger partial charge in [-0.15, -0.1) is 0 Å². The number of methoxy groups -OCH3 is 1. The van der Waals surface area contributed by atoms with E-state index < -0.39 is 11.7 Å². The van der Waals surface area contributed by atoms with Crippen LogP contribution in [0.4, 0.5) is 16.3 Å². The second-order valence-electron chi connectivity index (χ2n) is 6.26. The smallest absolute Gasteiger partial charge is 0.413 e. The molecule has 6 nitrogen and oxygen atoms in total. The summed E-state index contributed by atoms with van der Waals surface area (Å²) >= 11 is 0. The van der Waals surface area contributed by atoms with E-state index >= 15 is 0 Å². The number of carbonyl (C=O) groups is 1. The second kappa shape index (κ2) is 7.68. The average molecular weight is 329 g/mol. The third kappa shape index (κ3) is 5.79. The van der Waals surface area contributed by atoms with E-state index in [1.807, 2.05) is 51.1 Å². The molecular weight excluding hydrogens is 306 g/mol. The van der Waals surface area contributed by atoms with Crippen molar-refractivity contribution < 1.29 is 14.3 Å². The number of anilines is 2. The molecule has 0 atom stereocenters. The van der Waals surface area contributed by atoms with E-state index in [0.29, 0.717) is 12.4 Å². The first-order chi connectivity index (χ1) is 11.4. The molecule has 6 heteroatoms. The topological polar surface area (TPSA) is 72.5 Å². The van der Waals surface area contributed by atoms with E-state index in [1.54, 1.807) is 19.4 Å². The zero-order valence-corrected chi connectivity index (χ0v) is 14.4. The van der Waals surface area contributed by atoms with Crippen molar-refractivity contribution in [2.75, 3.05) is 17.7 Å². The van der Waals surface area contributed by atoms with Crippen molar-refractivity contribution in [1.82, 2.24) is 4.98 Å². The van der Waals surface area contributed by atoms with Crippen LogP contribution < -0.4 is 15.4 Å². The number of ether oxygens (including phenoxy) is 2. The fourth-order valence-electron chi connectivity index (χ4n) is 1.93. The Kier molecular flexibility index (Phi) is 5.63. The lowest BCUT2D eigenvalue weighted by atomic mass is 10.2. The van der Waals surface area contributed by atoms with Gasteiger partial charge in [0.15, 0.2) is 0 Å². The van der Waals surface area contributed by atoms with Gasteiger partial charge in [0, 0.05) is 6.54 Å². The molecule has 0 bridgehead atoms. The van der Waals surface area contributed by atoms with Gasteiger partial charge in [-0.3, -0.25) is 5.32 Å². The quantitative estimate of drug-likeness (QED) is 0.866. The number of pyridine rings is 1. The van der Waals surface area contributed by atoms with Crippen molar-refractivity contribution >= 4 is 17.6 Å². The Morgan fingerprint density at radius 2 is 1.83 bits per heavy atom. The number of rotatable bonds is 5. The summed E-state index contributed by atoms with van der Waals surface area (Å²) in [5.41, 5.74) is 1.46. The number of hydrogen-bond acceptors (Lipinski definition) is 5. The summed E-state index contributed by atoms with van der Waals surface area (Å²) in [4.78, 5) is 15.9. The standard InChI is InChI=1S/C18H23N3O3/c1-18(2,3)24-17(22)21-16-10-7-14(12-20-16)19-11-13-5-8-15(23-4)9-6-13/h5-10,12,19H,11H2,1-4H3,(H,20,21,22).